The van der Waals surface area contributed by atoms with Gasteiger partial charge < -0.3 is 14.2 Å². The predicted octanol–water partition coefficient (Wildman–Crippen LogP) is 1.90. The molecule has 0 saturated heterocycles. The number of ether oxygens (including phenoxy) is 3. The van der Waals surface area contributed by atoms with Gasteiger partial charge >= 0.3 is 0 Å². The summed E-state index contributed by atoms with van der Waals surface area (Å²) in [6, 6.07) is 2.17. The maximum Gasteiger partial charge on any atom is 0.251 e. The van der Waals surface area contributed by atoms with Gasteiger partial charge in [0.25, 0.3) is 5.88 Å². The molecule has 0 radical (unpaired) electrons. The maximum absolute atomic E-state index is 9.31. The number of aromatic nitrogens is 2. The minimum Gasteiger partial charge on any atom is -0.473 e. The average Bonchev–Trinajstić information content (AvgIpc) is 2.52. The lowest BCUT2D eigenvalue weighted by Crippen LogP contribution is -2.12. The van der Waals surface area contributed by atoms with Crippen LogP contribution in [0.25, 0.3) is 0 Å². The van der Waals surface area contributed by atoms with Crippen molar-refractivity contribution in [1.82, 2.24) is 10.2 Å². The van der Waals surface area contributed by atoms with Gasteiger partial charge in [-0.2, -0.15) is 10.4 Å². The Hall–Kier alpha value is -1.71. The van der Waals surface area contributed by atoms with Crippen molar-refractivity contribution in [3.8, 4) is 11.9 Å². The molecule has 0 amide bonds. The van der Waals surface area contributed by atoms with E-state index in [1.165, 1.54) is 0 Å². The molecule has 0 aromatic carbocycles. The topological polar surface area (TPSA) is 77.3 Å². The van der Waals surface area contributed by atoms with Crippen molar-refractivity contribution in [1.29, 1.82) is 5.26 Å². The molecule has 21 heavy (non-hydrogen) atoms. The lowest BCUT2D eigenvalue weighted by atomic mass is 10.0. The zero-order valence-corrected chi connectivity index (χ0v) is 13.0. The van der Waals surface area contributed by atoms with Crippen LogP contribution in [0, 0.1) is 11.3 Å². The van der Waals surface area contributed by atoms with Crippen LogP contribution < -0.4 is 4.74 Å². The van der Waals surface area contributed by atoms with Crippen molar-refractivity contribution >= 4 is 0 Å². The Bertz CT molecular complexity index is 472. The van der Waals surface area contributed by atoms with E-state index < -0.39 is 0 Å². The summed E-state index contributed by atoms with van der Waals surface area (Å²) in [6.45, 7) is 6.11. The Kier molecular flexibility index (Phi) is 8.32. The Morgan fingerprint density at radius 1 is 1.05 bits per heavy atom. The fourth-order valence-corrected chi connectivity index (χ4v) is 1.98. The van der Waals surface area contributed by atoms with Crippen LogP contribution in [0.15, 0.2) is 0 Å². The molecule has 0 unspecified atom stereocenters. The molecule has 0 aliphatic rings. The third-order valence-corrected chi connectivity index (χ3v) is 3.03. The number of hydrogen-bond acceptors (Lipinski definition) is 6. The van der Waals surface area contributed by atoms with E-state index in [1.807, 2.05) is 13.8 Å². The van der Waals surface area contributed by atoms with Gasteiger partial charge in [-0.05, 0) is 24.8 Å². The van der Waals surface area contributed by atoms with Gasteiger partial charge in [-0.3, -0.25) is 0 Å². The Balaban J connectivity index is 2.54. The quantitative estimate of drug-likeness (QED) is 0.613. The monoisotopic (exact) mass is 293 g/mol. The van der Waals surface area contributed by atoms with Crippen molar-refractivity contribution in [2.75, 3.05) is 33.5 Å². The first-order chi connectivity index (χ1) is 10.3. The van der Waals surface area contributed by atoms with E-state index in [1.54, 1.807) is 7.11 Å². The van der Waals surface area contributed by atoms with E-state index in [0.717, 1.165) is 30.5 Å². The normalized spacial score (nSPS) is 10.4. The second-order valence-electron chi connectivity index (χ2n) is 4.43. The summed E-state index contributed by atoms with van der Waals surface area (Å²) in [5.74, 6) is 0.298. The van der Waals surface area contributed by atoms with Gasteiger partial charge in [0.1, 0.15) is 18.2 Å². The first kappa shape index (κ1) is 17.3. The predicted molar refractivity (Wildman–Crippen MR) is 78.3 cm³/mol. The molecule has 1 heterocycles. The van der Waals surface area contributed by atoms with Crippen LogP contribution in [0.5, 0.6) is 5.88 Å². The molecule has 6 nitrogen and oxygen atoms in total. The van der Waals surface area contributed by atoms with E-state index in [0.29, 0.717) is 37.9 Å². The van der Waals surface area contributed by atoms with E-state index in [9.17, 15) is 5.26 Å². The largest absolute Gasteiger partial charge is 0.473 e. The molecule has 1 rings (SSSR count). The molecule has 116 valence electrons. The molecule has 6 heteroatoms. The smallest absolute Gasteiger partial charge is 0.251 e. The lowest BCUT2D eigenvalue weighted by molar-refractivity contribution is 0.0792. The van der Waals surface area contributed by atoms with Gasteiger partial charge in [0.05, 0.1) is 12.3 Å². The lowest BCUT2D eigenvalue weighted by Gasteiger charge is -2.11. The summed E-state index contributed by atoms with van der Waals surface area (Å²) in [5, 5.41) is 17.4. The van der Waals surface area contributed by atoms with Crippen LogP contribution in [-0.2, 0) is 22.3 Å². The van der Waals surface area contributed by atoms with Crippen molar-refractivity contribution in [3.05, 3.63) is 16.8 Å². The second-order valence-corrected chi connectivity index (χ2v) is 4.43. The van der Waals surface area contributed by atoms with Gasteiger partial charge in [0.15, 0.2) is 0 Å². The molecule has 0 aliphatic heterocycles. The summed E-state index contributed by atoms with van der Waals surface area (Å²) >= 11 is 0. The molecular weight excluding hydrogens is 270 g/mol. The third-order valence-electron chi connectivity index (χ3n) is 3.03. The van der Waals surface area contributed by atoms with Gasteiger partial charge in [0.2, 0.25) is 0 Å². The number of hydrogen-bond donors (Lipinski definition) is 0. The Morgan fingerprint density at radius 3 is 2.48 bits per heavy atom. The minimum absolute atomic E-state index is 0.298. The summed E-state index contributed by atoms with van der Waals surface area (Å²) in [5.41, 5.74) is 2.27. The minimum atomic E-state index is 0.298. The van der Waals surface area contributed by atoms with E-state index in [4.69, 9.17) is 14.2 Å². The molecule has 1 aromatic heterocycles. The molecule has 0 N–H and O–H groups in total. The van der Waals surface area contributed by atoms with E-state index >= 15 is 0 Å². The standard InChI is InChI=1S/C15H23N3O3/c1-4-12-13(11-16)15(18-17-14(12)5-2)21-10-9-20-8-6-7-19-3/h4-10H2,1-3H3. The van der Waals surface area contributed by atoms with E-state index in [-0.39, 0.29) is 0 Å². The zero-order chi connectivity index (χ0) is 15.5. The number of nitrogens with zero attached hydrogens (tertiary/aromatic N) is 3. The van der Waals surface area contributed by atoms with Crippen molar-refractivity contribution in [2.45, 2.75) is 33.1 Å². The maximum atomic E-state index is 9.31. The number of methoxy groups -OCH3 is 1. The molecular formula is C15H23N3O3. The summed E-state index contributed by atoms with van der Waals surface area (Å²) < 4.78 is 15.9. The first-order valence-corrected chi connectivity index (χ1v) is 7.26. The molecule has 0 spiro atoms. The van der Waals surface area contributed by atoms with Crippen LogP contribution in [0.1, 0.15) is 37.1 Å². The molecule has 0 bridgehead atoms. The SMILES string of the molecule is CCc1nnc(OCCOCCCOC)c(C#N)c1CC. The van der Waals surface area contributed by atoms with Crippen LogP contribution in [0.3, 0.4) is 0 Å². The van der Waals surface area contributed by atoms with Gasteiger partial charge in [-0.1, -0.05) is 13.8 Å². The van der Waals surface area contributed by atoms with Gasteiger partial charge in [-0.25, -0.2) is 0 Å². The second kappa shape index (κ2) is 10.1. The van der Waals surface area contributed by atoms with Crippen LogP contribution in [0.2, 0.25) is 0 Å². The Morgan fingerprint density at radius 2 is 1.86 bits per heavy atom. The van der Waals surface area contributed by atoms with Crippen molar-refractivity contribution < 1.29 is 14.2 Å². The fraction of sp³-hybridized carbons (Fsp3) is 0.667. The Labute approximate surface area is 126 Å². The number of aryl methyl sites for hydroxylation is 1. The summed E-state index contributed by atoms with van der Waals surface area (Å²) in [6.07, 6.45) is 2.35. The highest BCUT2D eigenvalue weighted by Crippen LogP contribution is 2.21. The molecule has 0 atom stereocenters. The first-order valence-electron chi connectivity index (χ1n) is 7.26. The van der Waals surface area contributed by atoms with Crippen LogP contribution in [0.4, 0.5) is 0 Å². The molecule has 0 saturated carbocycles. The van der Waals surface area contributed by atoms with Crippen molar-refractivity contribution in [3.63, 3.8) is 0 Å². The highest BCUT2D eigenvalue weighted by molar-refractivity contribution is 5.46. The van der Waals surface area contributed by atoms with Crippen LogP contribution in [-0.4, -0.2) is 43.7 Å². The highest BCUT2D eigenvalue weighted by Gasteiger charge is 2.15. The summed E-state index contributed by atoms with van der Waals surface area (Å²) in [4.78, 5) is 0. The molecule has 1 aromatic rings. The molecule has 0 fully saturated rings. The van der Waals surface area contributed by atoms with E-state index in [2.05, 4.69) is 16.3 Å². The van der Waals surface area contributed by atoms with Gasteiger partial charge in [0, 0.05) is 20.3 Å². The van der Waals surface area contributed by atoms with Crippen molar-refractivity contribution in [2.24, 2.45) is 0 Å². The third kappa shape index (κ3) is 5.29. The average molecular weight is 293 g/mol. The molecule has 0 aliphatic carbocycles. The zero-order valence-electron chi connectivity index (χ0n) is 13.0. The number of rotatable bonds is 10. The highest BCUT2D eigenvalue weighted by atomic mass is 16.5. The number of nitriles is 1. The fourth-order valence-electron chi connectivity index (χ4n) is 1.98. The van der Waals surface area contributed by atoms with Crippen LogP contribution >= 0.6 is 0 Å². The van der Waals surface area contributed by atoms with Gasteiger partial charge in [-0.15, -0.1) is 5.10 Å². The summed E-state index contributed by atoms with van der Waals surface area (Å²) in [7, 11) is 1.66.